The quantitative estimate of drug-likeness (QED) is 0.689. The summed E-state index contributed by atoms with van der Waals surface area (Å²) < 4.78 is 0. The molecular weight excluding hydrogens is 194 g/mol. The molecule has 1 rings (SSSR count). The first-order valence-electron chi connectivity index (χ1n) is 6.14. The van der Waals surface area contributed by atoms with Crippen LogP contribution in [0, 0.1) is 0 Å². The number of rotatable bonds is 7. The van der Waals surface area contributed by atoms with E-state index in [1.165, 1.54) is 17.6 Å². The molecule has 1 N–H and O–H groups in total. The fourth-order valence-electron chi connectivity index (χ4n) is 1.83. The van der Waals surface area contributed by atoms with E-state index in [0.717, 1.165) is 19.3 Å². The molecule has 88 valence electrons. The molecule has 1 aromatic rings. The Morgan fingerprint density at radius 3 is 2.56 bits per heavy atom. The molecule has 0 amide bonds. The molecule has 0 saturated carbocycles. The maximum Gasteiger partial charge on any atom is 0.0104 e. The molecular formula is C15H23N. The molecule has 0 fully saturated rings. The standard InChI is InChI=1S/C15H23N/c1-4-13(2)12-15(16-3)11-10-14-8-6-5-7-9-14/h5-9,15-16H,2,4,10-12H2,1,3H3. The van der Waals surface area contributed by atoms with Gasteiger partial charge in [0.2, 0.25) is 0 Å². The van der Waals surface area contributed by atoms with Gasteiger partial charge in [0.15, 0.2) is 0 Å². The van der Waals surface area contributed by atoms with E-state index in [9.17, 15) is 0 Å². The highest BCUT2D eigenvalue weighted by molar-refractivity contribution is 5.15. The lowest BCUT2D eigenvalue weighted by Crippen LogP contribution is -2.26. The minimum absolute atomic E-state index is 0.563. The van der Waals surface area contributed by atoms with Crippen LogP contribution in [0.1, 0.15) is 31.7 Å². The minimum atomic E-state index is 0.563. The third kappa shape index (κ3) is 4.63. The Morgan fingerprint density at radius 2 is 2.00 bits per heavy atom. The first kappa shape index (κ1) is 13.0. The van der Waals surface area contributed by atoms with Crippen molar-refractivity contribution in [1.82, 2.24) is 5.32 Å². The first-order valence-corrected chi connectivity index (χ1v) is 6.14. The van der Waals surface area contributed by atoms with Gasteiger partial charge in [0.25, 0.3) is 0 Å². The Hall–Kier alpha value is -1.08. The Labute approximate surface area is 99.6 Å². The molecule has 0 heterocycles. The van der Waals surface area contributed by atoms with Crippen molar-refractivity contribution in [3.05, 3.63) is 48.0 Å². The van der Waals surface area contributed by atoms with E-state index in [-0.39, 0.29) is 0 Å². The number of aryl methyl sites for hydroxylation is 1. The fourth-order valence-corrected chi connectivity index (χ4v) is 1.83. The van der Waals surface area contributed by atoms with Gasteiger partial charge in [-0.25, -0.2) is 0 Å². The van der Waals surface area contributed by atoms with E-state index in [4.69, 9.17) is 0 Å². The van der Waals surface area contributed by atoms with E-state index in [2.05, 4.69) is 49.2 Å². The molecule has 0 bridgehead atoms. The van der Waals surface area contributed by atoms with Gasteiger partial charge in [-0.3, -0.25) is 0 Å². The second kappa shape index (κ2) is 7.24. The highest BCUT2D eigenvalue weighted by Crippen LogP contribution is 2.12. The van der Waals surface area contributed by atoms with Crippen molar-refractivity contribution in [1.29, 1.82) is 0 Å². The van der Waals surface area contributed by atoms with E-state index in [0.29, 0.717) is 6.04 Å². The zero-order valence-electron chi connectivity index (χ0n) is 10.5. The first-order chi connectivity index (χ1) is 7.76. The van der Waals surface area contributed by atoms with Gasteiger partial charge in [0, 0.05) is 6.04 Å². The topological polar surface area (TPSA) is 12.0 Å². The van der Waals surface area contributed by atoms with E-state index >= 15 is 0 Å². The summed E-state index contributed by atoms with van der Waals surface area (Å²) in [6.45, 7) is 6.25. The summed E-state index contributed by atoms with van der Waals surface area (Å²) in [6.07, 6.45) is 4.51. The number of hydrogen-bond donors (Lipinski definition) is 1. The number of benzene rings is 1. The zero-order valence-corrected chi connectivity index (χ0v) is 10.5. The molecule has 1 nitrogen and oxygen atoms in total. The van der Waals surface area contributed by atoms with Crippen LogP contribution in [0.3, 0.4) is 0 Å². The van der Waals surface area contributed by atoms with Crippen molar-refractivity contribution in [2.75, 3.05) is 7.05 Å². The summed E-state index contributed by atoms with van der Waals surface area (Å²) in [5.41, 5.74) is 2.76. The minimum Gasteiger partial charge on any atom is -0.317 e. The van der Waals surface area contributed by atoms with Gasteiger partial charge in [0.1, 0.15) is 0 Å². The van der Waals surface area contributed by atoms with Crippen molar-refractivity contribution < 1.29 is 0 Å². The predicted molar refractivity (Wildman–Crippen MR) is 71.7 cm³/mol. The third-order valence-electron chi connectivity index (χ3n) is 3.07. The van der Waals surface area contributed by atoms with Crippen LogP contribution in [0.2, 0.25) is 0 Å². The molecule has 0 aliphatic rings. The predicted octanol–water partition coefficient (Wildman–Crippen LogP) is 3.56. The summed E-state index contributed by atoms with van der Waals surface area (Å²) >= 11 is 0. The Morgan fingerprint density at radius 1 is 1.31 bits per heavy atom. The SMILES string of the molecule is C=C(CC)CC(CCc1ccccc1)NC. The van der Waals surface area contributed by atoms with Crippen molar-refractivity contribution in [2.45, 2.75) is 38.6 Å². The van der Waals surface area contributed by atoms with Gasteiger partial charge in [-0.15, -0.1) is 0 Å². The number of nitrogens with one attached hydrogen (secondary N) is 1. The average Bonchev–Trinajstić information content (AvgIpc) is 2.35. The van der Waals surface area contributed by atoms with Crippen LogP contribution in [-0.2, 0) is 6.42 Å². The van der Waals surface area contributed by atoms with Crippen LogP contribution in [0.25, 0.3) is 0 Å². The van der Waals surface area contributed by atoms with Crippen molar-refractivity contribution in [2.24, 2.45) is 0 Å². The zero-order chi connectivity index (χ0) is 11.8. The lowest BCUT2D eigenvalue weighted by atomic mass is 9.99. The van der Waals surface area contributed by atoms with Crippen LogP contribution in [0.15, 0.2) is 42.5 Å². The van der Waals surface area contributed by atoms with Gasteiger partial charge in [-0.1, -0.05) is 49.4 Å². The summed E-state index contributed by atoms with van der Waals surface area (Å²) in [4.78, 5) is 0. The monoisotopic (exact) mass is 217 g/mol. The lowest BCUT2D eigenvalue weighted by Gasteiger charge is -2.16. The van der Waals surface area contributed by atoms with Gasteiger partial charge in [-0.05, 0) is 38.3 Å². The van der Waals surface area contributed by atoms with Gasteiger partial charge in [-0.2, -0.15) is 0 Å². The van der Waals surface area contributed by atoms with Gasteiger partial charge < -0.3 is 5.32 Å². The summed E-state index contributed by atoms with van der Waals surface area (Å²) in [6, 6.07) is 11.2. The number of hydrogen-bond acceptors (Lipinski definition) is 1. The van der Waals surface area contributed by atoms with Crippen molar-refractivity contribution in [3.63, 3.8) is 0 Å². The molecule has 0 aliphatic carbocycles. The molecule has 16 heavy (non-hydrogen) atoms. The molecule has 0 saturated heterocycles. The van der Waals surface area contributed by atoms with Crippen LogP contribution < -0.4 is 5.32 Å². The van der Waals surface area contributed by atoms with Crippen LogP contribution in [-0.4, -0.2) is 13.1 Å². The molecule has 1 heteroatoms. The largest absolute Gasteiger partial charge is 0.317 e. The summed E-state index contributed by atoms with van der Waals surface area (Å²) in [7, 11) is 2.04. The van der Waals surface area contributed by atoms with Gasteiger partial charge in [0.05, 0.1) is 0 Å². The highest BCUT2D eigenvalue weighted by Gasteiger charge is 2.07. The average molecular weight is 217 g/mol. The summed E-state index contributed by atoms with van der Waals surface area (Å²) in [5.74, 6) is 0. The Bertz CT molecular complexity index is 302. The third-order valence-corrected chi connectivity index (χ3v) is 3.07. The molecule has 0 spiro atoms. The summed E-state index contributed by atoms with van der Waals surface area (Å²) in [5, 5.41) is 3.38. The van der Waals surface area contributed by atoms with Crippen molar-refractivity contribution in [3.8, 4) is 0 Å². The van der Waals surface area contributed by atoms with Crippen LogP contribution in [0.5, 0.6) is 0 Å². The molecule has 0 aromatic heterocycles. The van der Waals surface area contributed by atoms with E-state index < -0.39 is 0 Å². The van der Waals surface area contributed by atoms with E-state index in [1.807, 2.05) is 7.05 Å². The van der Waals surface area contributed by atoms with Crippen molar-refractivity contribution >= 4 is 0 Å². The molecule has 0 radical (unpaired) electrons. The smallest absolute Gasteiger partial charge is 0.0104 e. The maximum absolute atomic E-state index is 4.08. The normalized spacial score (nSPS) is 12.4. The lowest BCUT2D eigenvalue weighted by molar-refractivity contribution is 0.514. The van der Waals surface area contributed by atoms with Crippen LogP contribution >= 0.6 is 0 Å². The van der Waals surface area contributed by atoms with Gasteiger partial charge >= 0.3 is 0 Å². The molecule has 1 unspecified atom stereocenters. The fraction of sp³-hybridized carbons (Fsp3) is 0.467. The Kier molecular flexibility index (Phi) is 5.87. The second-order valence-electron chi connectivity index (χ2n) is 4.32. The second-order valence-corrected chi connectivity index (χ2v) is 4.32. The molecule has 1 atom stereocenters. The Balaban J connectivity index is 2.37. The maximum atomic E-state index is 4.08. The molecule has 0 aliphatic heterocycles. The van der Waals surface area contributed by atoms with Crippen LogP contribution in [0.4, 0.5) is 0 Å². The van der Waals surface area contributed by atoms with E-state index in [1.54, 1.807) is 0 Å². The molecule has 1 aromatic carbocycles. The highest BCUT2D eigenvalue weighted by atomic mass is 14.9.